The van der Waals surface area contributed by atoms with E-state index >= 15 is 0 Å². The van der Waals surface area contributed by atoms with Crippen molar-refractivity contribution in [3.8, 4) is 0 Å². The van der Waals surface area contributed by atoms with Crippen molar-refractivity contribution in [2.45, 2.75) is 19.5 Å². The highest BCUT2D eigenvalue weighted by Gasteiger charge is 2.19. The van der Waals surface area contributed by atoms with Crippen molar-refractivity contribution in [1.82, 2.24) is 9.88 Å². The first-order valence-electron chi connectivity index (χ1n) is 11.1. The number of H-pyrrole nitrogens is 1. The molecule has 0 radical (unpaired) electrons. The lowest BCUT2D eigenvalue weighted by atomic mass is 10.1. The third kappa shape index (κ3) is 6.21. The van der Waals surface area contributed by atoms with Crippen LogP contribution in [0.5, 0.6) is 0 Å². The van der Waals surface area contributed by atoms with Gasteiger partial charge in [-0.3, -0.25) is 14.5 Å². The molecule has 1 atom stereocenters. The zero-order chi connectivity index (χ0) is 24.9. The van der Waals surface area contributed by atoms with E-state index < -0.39 is 23.3 Å². The van der Waals surface area contributed by atoms with Gasteiger partial charge in [0.25, 0.3) is 11.5 Å². The smallest absolute Gasteiger partial charge is 0.261 e. The second-order valence-corrected chi connectivity index (χ2v) is 9.08. The van der Waals surface area contributed by atoms with E-state index in [0.717, 1.165) is 38.4 Å². The predicted octanol–water partition coefficient (Wildman–Crippen LogP) is 5.08. The van der Waals surface area contributed by atoms with Crippen molar-refractivity contribution < 1.29 is 13.9 Å². The molecule has 1 aliphatic rings. The fourth-order valence-electron chi connectivity index (χ4n) is 3.91. The van der Waals surface area contributed by atoms with E-state index in [4.69, 9.17) is 27.9 Å². The number of hydrogen-bond acceptors (Lipinski definition) is 5. The summed E-state index contributed by atoms with van der Waals surface area (Å²) in [4.78, 5) is 30.0. The second-order valence-electron chi connectivity index (χ2n) is 8.29. The Kier molecular flexibility index (Phi) is 8.07. The molecular weight excluding hydrogens is 494 g/mol. The lowest BCUT2D eigenvalue weighted by molar-refractivity contribution is 0.0342. The molecule has 0 unspecified atom stereocenters. The number of amides is 1. The maximum absolute atomic E-state index is 13.9. The molecule has 1 saturated heterocycles. The van der Waals surface area contributed by atoms with E-state index in [1.165, 1.54) is 24.4 Å². The van der Waals surface area contributed by atoms with Gasteiger partial charge in [0.15, 0.2) is 0 Å². The van der Waals surface area contributed by atoms with E-state index in [9.17, 15) is 14.0 Å². The van der Waals surface area contributed by atoms with Gasteiger partial charge in [0, 0.05) is 42.1 Å². The van der Waals surface area contributed by atoms with Gasteiger partial charge in [-0.15, -0.1) is 0 Å². The van der Waals surface area contributed by atoms with Gasteiger partial charge >= 0.3 is 0 Å². The number of ether oxygens (including phenoxy) is 1. The first-order valence-corrected chi connectivity index (χ1v) is 11.9. The standard InChI is InChI=1S/C25H25Cl2FN4O3/c1-15(22-20(26)6-7-21(28)23(22)27)30-18-12-19(24(33)29-13-18)25(34)31-17-4-2-16(3-5-17)14-32-8-10-35-11-9-32/h2-7,12-13,15,30H,8-11,14H2,1H3,(H,29,33)(H,31,34)/t15-/m1/s1. The number of pyridine rings is 1. The van der Waals surface area contributed by atoms with Gasteiger partial charge in [-0.1, -0.05) is 35.3 Å². The zero-order valence-corrected chi connectivity index (χ0v) is 20.5. The average molecular weight is 519 g/mol. The summed E-state index contributed by atoms with van der Waals surface area (Å²) >= 11 is 12.3. The molecule has 1 aromatic heterocycles. The Morgan fingerprint density at radius 3 is 2.57 bits per heavy atom. The molecule has 7 nitrogen and oxygen atoms in total. The summed E-state index contributed by atoms with van der Waals surface area (Å²) in [5.41, 5.74) is 1.91. The van der Waals surface area contributed by atoms with E-state index in [0.29, 0.717) is 22.0 Å². The first kappa shape index (κ1) is 25.2. The molecule has 0 aliphatic carbocycles. The van der Waals surface area contributed by atoms with Crippen molar-refractivity contribution >= 4 is 40.5 Å². The maximum atomic E-state index is 13.9. The van der Waals surface area contributed by atoms with Crippen LogP contribution in [0, 0.1) is 5.82 Å². The van der Waals surface area contributed by atoms with E-state index in [1.54, 1.807) is 19.1 Å². The lowest BCUT2D eigenvalue weighted by Crippen LogP contribution is -2.35. The molecule has 2 aromatic carbocycles. The number of benzene rings is 2. The number of carbonyl (C=O) groups excluding carboxylic acids is 1. The molecule has 4 rings (SSSR count). The Morgan fingerprint density at radius 1 is 1.14 bits per heavy atom. The highest BCUT2D eigenvalue weighted by Crippen LogP contribution is 2.34. The summed E-state index contributed by atoms with van der Waals surface area (Å²) in [5.74, 6) is -1.14. The van der Waals surface area contributed by atoms with Gasteiger partial charge in [-0.05, 0) is 42.8 Å². The van der Waals surface area contributed by atoms with Crippen LogP contribution < -0.4 is 16.2 Å². The second kappa shape index (κ2) is 11.2. The maximum Gasteiger partial charge on any atom is 0.261 e. The number of nitrogens with zero attached hydrogens (tertiary/aromatic N) is 1. The normalized spacial score (nSPS) is 15.0. The molecular formula is C25H25Cl2FN4O3. The van der Waals surface area contributed by atoms with E-state index in [2.05, 4.69) is 20.5 Å². The van der Waals surface area contributed by atoms with Crippen LogP contribution in [0.15, 0.2) is 53.5 Å². The molecule has 2 heterocycles. The SMILES string of the molecule is C[C@@H](Nc1c[nH]c(=O)c(C(=O)Nc2ccc(CN3CCOCC3)cc2)c1)c1c(Cl)ccc(F)c1Cl. The Bertz CT molecular complexity index is 1260. The molecule has 0 bridgehead atoms. The molecule has 1 amide bonds. The van der Waals surface area contributed by atoms with Crippen molar-refractivity contribution in [2.24, 2.45) is 0 Å². The number of anilines is 2. The number of aromatic nitrogens is 1. The molecule has 3 N–H and O–H groups in total. The quantitative estimate of drug-likeness (QED) is 0.379. The summed E-state index contributed by atoms with van der Waals surface area (Å²) in [7, 11) is 0. The van der Waals surface area contributed by atoms with Gasteiger partial charge in [0.1, 0.15) is 11.4 Å². The number of nitrogens with one attached hydrogen (secondary N) is 3. The van der Waals surface area contributed by atoms with Crippen LogP contribution in [-0.2, 0) is 11.3 Å². The minimum atomic E-state index is -0.586. The average Bonchev–Trinajstić information content (AvgIpc) is 2.85. The van der Waals surface area contributed by atoms with Crippen molar-refractivity contribution in [3.05, 3.63) is 91.6 Å². The Morgan fingerprint density at radius 2 is 1.86 bits per heavy atom. The highest BCUT2D eigenvalue weighted by atomic mass is 35.5. The minimum absolute atomic E-state index is 0.0731. The fraction of sp³-hybridized carbons (Fsp3) is 0.280. The monoisotopic (exact) mass is 518 g/mol. The number of hydrogen-bond donors (Lipinski definition) is 3. The van der Waals surface area contributed by atoms with Gasteiger partial charge in [-0.25, -0.2) is 4.39 Å². The van der Waals surface area contributed by atoms with Crippen LogP contribution in [-0.4, -0.2) is 42.1 Å². The van der Waals surface area contributed by atoms with E-state index in [1.807, 2.05) is 12.1 Å². The first-order chi connectivity index (χ1) is 16.8. The Labute approximate surface area is 212 Å². The molecule has 35 heavy (non-hydrogen) atoms. The van der Waals surface area contributed by atoms with Crippen LogP contribution in [0.25, 0.3) is 0 Å². The Balaban J connectivity index is 1.44. The number of carbonyl (C=O) groups is 1. The van der Waals surface area contributed by atoms with Crippen LogP contribution >= 0.6 is 23.2 Å². The summed E-state index contributed by atoms with van der Waals surface area (Å²) < 4.78 is 19.3. The van der Waals surface area contributed by atoms with Crippen LogP contribution in [0.2, 0.25) is 10.0 Å². The molecule has 10 heteroatoms. The van der Waals surface area contributed by atoms with Crippen molar-refractivity contribution in [2.75, 3.05) is 36.9 Å². The summed E-state index contributed by atoms with van der Waals surface area (Å²) in [6.45, 7) is 5.80. The van der Waals surface area contributed by atoms with Crippen LogP contribution in [0.4, 0.5) is 15.8 Å². The number of aromatic amines is 1. The van der Waals surface area contributed by atoms with Crippen LogP contribution in [0.3, 0.4) is 0 Å². The fourth-order valence-corrected chi connectivity index (χ4v) is 4.60. The summed E-state index contributed by atoms with van der Waals surface area (Å²) in [5, 5.41) is 6.07. The van der Waals surface area contributed by atoms with Gasteiger partial charge in [0.05, 0.1) is 30.0 Å². The molecule has 184 valence electrons. The number of morpholine rings is 1. The minimum Gasteiger partial charge on any atom is -0.379 e. The molecule has 1 fully saturated rings. The number of halogens is 3. The topological polar surface area (TPSA) is 86.5 Å². The van der Waals surface area contributed by atoms with Gasteiger partial charge in [0.2, 0.25) is 0 Å². The Hall–Kier alpha value is -2.91. The predicted molar refractivity (Wildman–Crippen MR) is 136 cm³/mol. The number of rotatable bonds is 7. The summed E-state index contributed by atoms with van der Waals surface area (Å²) in [6, 6.07) is 11.1. The van der Waals surface area contributed by atoms with Gasteiger partial charge in [-0.2, -0.15) is 0 Å². The lowest BCUT2D eigenvalue weighted by Gasteiger charge is -2.26. The molecule has 0 saturated carbocycles. The molecule has 1 aliphatic heterocycles. The molecule has 0 spiro atoms. The van der Waals surface area contributed by atoms with Crippen LogP contribution in [0.1, 0.15) is 34.5 Å². The third-order valence-corrected chi connectivity index (χ3v) is 6.48. The van der Waals surface area contributed by atoms with Crippen molar-refractivity contribution in [1.29, 1.82) is 0 Å². The largest absolute Gasteiger partial charge is 0.379 e. The van der Waals surface area contributed by atoms with Crippen molar-refractivity contribution in [3.63, 3.8) is 0 Å². The molecule has 3 aromatic rings. The summed E-state index contributed by atoms with van der Waals surface area (Å²) in [6.07, 6.45) is 1.43. The van der Waals surface area contributed by atoms with E-state index in [-0.39, 0.29) is 10.6 Å². The zero-order valence-electron chi connectivity index (χ0n) is 19.0. The van der Waals surface area contributed by atoms with Gasteiger partial charge < -0.3 is 20.4 Å². The highest BCUT2D eigenvalue weighted by molar-refractivity contribution is 6.36. The third-order valence-electron chi connectivity index (χ3n) is 5.77.